The van der Waals surface area contributed by atoms with E-state index in [1.165, 1.54) is 17.1 Å². The first-order valence-electron chi connectivity index (χ1n) is 9.72. The summed E-state index contributed by atoms with van der Waals surface area (Å²) in [6.07, 6.45) is 0. The van der Waals surface area contributed by atoms with Gasteiger partial charge in [0.05, 0.1) is 10.7 Å². The van der Waals surface area contributed by atoms with Crippen molar-refractivity contribution in [2.75, 3.05) is 11.7 Å². The maximum absolute atomic E-state index is 13.5. The van der Waals surface area contributed by atoms with Gasteiger partial charge < -0.3 is 14.0 Å². The monoisotopic (exact) mass is 470 g/mol. The number of nitrogens with zero attached hydrogens (tertiary/aromatic N) is 6. The van der Waals surface area contributed by atoms with Crippen LogP contribution in [0.25, 0.3) is 11.4 Å². The summed E-state index contributed by atoms with van der Waals surface area (Å²) < 4.78 is 29.5. The summed E-state index contributed by atoms with van der Waals surface area (Å²) in [6, 6.07) is 6.82. The number of carbonyl (C=O) groups excluding carboxylic acids is 2. The van der Waals surface area contributed by atoms with Crippen molar-refractivity contribution in [3.63, 3.8) is 0 Å². The Kier molecular flexibility index (Phi) is 4.30. The van der Waals surface area contributed by atoms with Crippen LogP contribution >= 0.6 is 11.6 Å². The molecule has 0 unspecified atom stereocenters. The van der Waals surface area contributed by atoms with Gasteiger partial charge in [-0.1, -0.05) is 22.0 Å². The highest BCUT2D eigenvalue weighted by molar-refractivity contribution is 6.32. The minimum Gasteiger partial charge on any atom is -0.454 e. The zero-order valence-electron chi connectivity index (χ0n) is 16.5. The maximum atomic E-state index is 13.5. The van der Waals surface area contributed by atoms with Gasteiger partial charge in [0.25, 0.3) is 11.8 Å². The third-order valence-corrected chi connectivity index (χ3v) is 5.71. The third-order valence-electron chi connectivity index (χ3n) is 5.42. The van der Waals surface area contributed by atoms with Crippen LogP contribution < -0.4 is 14.4 Å². The van der Waals surface area contributed by atoms with E-state index in [1.807, 2.05) is 0 Å². The smallest absolute Gasteiger partial charge is 0.263 e. The Morgan fingerprint density at radius 2 is 1.94 bits per heavy atom. The fraction of sp³-hybridized carbons (Fsp3) is 0.200. The molecule has 13 heteroatoms. The van der Waals surface area contributed by atoms with E-state index in [2.05, 4.69) is 20.5 Å². The average Bonchev–Trinajstić information content (AvgIpc) is 3.57. The molecule has 0 saturated carbocycles. The number of hydrogen-bond acceptors (Lipinski definition) is 10. The van der Waals surface area contributed by atoms with Crippen LogP contribution in [0.4, 0.5) is 10.1 Å². The minimum atomic E-state index is -1.03. The standard InChI is InChI=1S/C20H12ClFN6O5/c21-11-6-10(2-3-12(11)22)28-19(29)16-17(20(28)30)27(26-24-16)7-15-23-18(25-33-15)9-1-4-13-14(5-9)32-8-31-13/h1-6,16-17H,7-8H2/t16-,17+/m1/s1. The van der Waals surface area contributed by atoms with E-state index >= 15 is 0 Å². The number of carbonyl (C=O) groups is 2. The number of halogens is 2. The molecule has 0 bridgehead atoms. The molecule has 6 rings (SSSR count). The number of fused-ring (bicyclic) bond motifs is 2. The molecule has 0 N–H and O–H groups in total. The fourth-order valence-electron chi connectivity index (χ4n) is 3.84. The summed E-state index contributed by atoms with van der Waals surface area (Å²) in [5, 5.41) is 13.0. The normalized spacial score (nSPS) is 20.8. The molecule has 3 aliphatic rings. The Hall–Kier alpha value is -4.06. The second-order valence-corrected chi connectivity index (χ2v) is 7.79. The molecule has 11 nitrogen and oxygen atoms in total. The lowest BCUT2D eigenvalue weighted by Crippen LogP contribution is -2.39. The predicted molar refractivity (Wildman–Crippen MR) is 108 cm³/mol. The highest BCUT2D eigenvalue weighted by Crippen LogP contribution is 2.36. The van der Waals surface area contributed by atoms with E-state index < -0.39 is 29.7 Å². The predicted octanol–water partition coefficient (Wildman–Crippen LogP) is 2.75. The molecule has 2 aromatic carbocycles. The number of anilines is 1. The molecular formula is C20H12ClFN6O5. The van der Waals surface area contributed by atoms with Crippen LogP contribution in [0.15, 0.2) is 51.3 Å². The van der Waals surface area contributed by atoms with Crippen molar-refractivity contribution >= 4 is 29.1 Å². The van der Waals surface area contributed by atoms with Gasteiger partial charge in [-0.3, -0.25) is 14.6 Å². The zero-order valence-corrected chi connectivity index (χ0v) is 17.3. The molecule has 0 aliphatic carbocycles. The number of imide groups is 1. The summed E-state index contributed by atoms with van der Waals surface area (Å²) in [4.78, 5) is 31.1. The van der Waals surface area contributed by atoms with Gasteiger partial charge in [-0.25, -0.2) is 9.29 Å². The summed E-state index contributed by atoms with van der Waals surface area (Å²) in [6.45, 7) is 0.103. The van der Waals surface area contributed by atoms with Crippen molar-refractivity contribution in [2.24, 2.45) is 10.3 Å². The Labute approximate surface area is 189 Å². The number of hydrogen-bond donors (Lipinski definition) is 0. The topological polar surface area (TPSA) is 123 Å². The van der Waals surface area contributed by atoms with Gasteiger partial charge in [-0.2, -0.15) is 10.1 Å². The van der Waals surface area contributed by atoms with Crippen molar-refractivity contribution in [3.8, 4) is 22.9 Å². The fourth-order valence-corrected chi connectivity index (χ4v) is 4.02. The second kappa shape index (κ2) is 7.24. The van der Waals surface area contributed by atoms with Gasteiger partial charge in [0.2, 0.25) is 18.5 Å². The summed E-state index contributed by atoms with van der Waals surface area (Å²) in [5.74, 6) is -0.110. The molecule has 0 radical (unpaired) electrons. The lowest BCUT2D eigenvalue weighted by molar-refractivity contribution is -0.123. The highest BCUT2D eigenvalue weighted by atomic mass is 35.5. The average molecular weight is 471 g/mol. The third kappa shape index (κ3) is 3.09. The number of ether oxygens (including phenoxy) is 2. The van der Waals surface area contributed by atoms with Crippen molar-refractivity contribution in [1.29, 1.82) is 0 Å². The van der Waals surface area contributed by atoms with Gasteiger partial charge in [0.1, 0.15) is 12.4 Å². The largest absolute Gasteiger partial charge is 0.454 e. The molecule has 3 aromatic rings. The summed E-state index contributed by atoms with van der Waals surface area (Å²) in [5.41, 5.74) is 0.811. The van der Waals surface area contributed by atoms with Crippen LogP contribution in [0.5, 0.6) is 11.5 Å². The molecule has 33 heavy (non-hydrogen) atoms. The van der Waals surface area contributed by atoms with Crippen molar-refractivity contribution in [1.82, 2.24) is 15.1 Å². The minimum absolute atomic E-state index is 0.0424. The molecule has 2 atom stereocenters. The number of benzene rings is 2. The van der Waals surface area contributed by atoms with Crippen molar-refractivity contribution in [2.45, 2.75) is 18.6 Å². The van der Waals surface area contributed by atoms with Crippen LogP contribution in [0.2, 0.25) is 5.02 Å². The van der Waals surface area contributed by atoms with E-state index in [0.29, 0.717) is 22.9 Å². The second-order valence-electron chi connectivity index (χ2n) is 7.38. The Morgan fingerprint density at radius 3 is 2.79 bits per heavy atom. The van der Waals surface area contributed by atoms with Crippen LogP contribution in [0, 0.1) is 5.82 Å². The van der Waals surface area contributed by atoms with Gasteiger partial charge in [0, 0.05) is 5.56 Å². The number of aromatic nitrogens is 2. The number of rotatable bonds is 4. The van der Waals surface area contributed by atoms with Gasteiger partial charge >= 0.3 is 0 Å². The van der Waals surface area contributed by atoms with Crippen LogP contribution in [0.3, 0.4) is 0 Å². The molecular weight excluding hydrogens is 459 g/mol. The molecule has 2 amide bonds. The highest BCUT2D eigenvalue weighted by Gasteiger charge is 2.55. The summed E-state index contributed by atoms with van der Waals surface area (Å²) in [7, 11) is 0. The maximum Gasteiger partial charge on any atom is 0.263 e. The first-order chi connectivity index (χ1) is 16.0. The molecule has 1 fully saturated rings. The van der Waals surface area contributed by atoms with Crippen molar-refractivity contribution in [3.05, 3.63) is 53.1 Å². The van der Waals surface area contributed by atoms with Crippen LogP contribution in [0.1, 0.15) is 5.89 Å². The van der Waals surface area contributed by atoms with Crippen molar-refractivity contribution < 1.29 is 28.0 Å². The van der Waals surface area contributed by atoms with Crippen LogP contribution in [-0.2, 0) is 16.1 Å². The van der Waals surface area contributed by atoms with E-state index in [4.69, 9.17) is 25.6 Å². The Morgan fingerprint density at radius 1 is 1.09 bits per heavy atom. The number of amides is 2. The molecule has 0 spiro atoms. The van der Waals surface area contributed by atoms with E-state index in [9.17, 15) is 14.0 Å². The Balaban J connectivity index is 1.22. The molecule has 4 heterocycles. The first-order valence-corrected chi connectivity index (χ1v) is 10.1. The SMILES string of the molecule is O=C1[C@@H]2[C@@H](N=NN2Cc2nc(-c3ccc4c(c3)OCO4)no2)C(=O)N1c1ccc(F)c(Cl)c1. The van der Waals surface area contributed by atoms with E-state index in [1.54, 1.807) is 18.2 Å². The van der Waals surface area contributed by atoms with E-state index in [0.717, 1.165) is 11.0 Å². The lowest BCUT2D eigenvalue weighted by atomic mass is 10.1. The molecule has 1 aromatic heterocycles. The van der Waals surface area contributed by atoms with E-state index in [-0.39, 0.29) is 29.9 Å². The van der Waals surface area contributed by atoms with Gasteiger partial charge in [-0.05, 0) is 36.4 Å². The molecule has 3 aliphatic heterocycles. The molecule has 1 saturated heterocycles. The molecule has 166 valence electrons. The van der Waals surface area contributed by atoms with Crippen LogP contribution in [-0.4, -0.2) is 45.8 Å². The zero-order chi connectivity index (χ0) is 22.7. The quantitative estimate of drug-likeness (QED) is 0.533. The van der Waals surface area contributed by atoms with Gasteiger partial charge in [0.15, 0.2) is 23.6 Å². The summed E-state index contributed by atoms with van der Waals surface area (Å²) >= 11 is 5.81. The lowest BCUT2D eigenvalue weighted by Gasteiger charge is -2.19. The first kappa shape index (κ1) is 19.6. The Bertz CT molecular complexity index is 1350. The van der Waals surface area contributed by atoms with Gasteiger partial charge in [-0.15, -0.1) is 0 Å².